The first-order valence-electron chi connectivity index (χ1n) is 5.99. The molecule has 0 saturated carbocycles. The van der Waals surface area contributed by atoms with Gasteiger partial charge in [0.25, 0.3) is 5.91 Å². The van der Waals surface area contributed by atoms with Crippen LogP contribution in [0.2, 0.25) is 0 Å². The van der Waals surface area contributed by atoms with E-state index in [0.29, 0.717) is 12.1 Å². The molecule has 1 heterocycles. The fourth-order valence-electron chi connectivity index (χ4n) is 1.74. The topological polar surface area (TPSA) is 55.1 Å². The van der Waals surface area contributed by atoms with Crippen LogP contribution >= 0.6 is 27.3 Å². The predicted octanol–water partition coefficient (Wildman–Crippen LogP) is 3.33. The van der Waals surface area contributed by atoms with Gasteiger partial charge < -0.3 is 11.1 Å². The van der Waals surface area contributed by atoms with Crippen LogP contribution in [-0.4, -0.2) is 12.5 Å². The quantitative estimate of drug-likeness (QED) is 0.878. The smallest absolute Gasteiger partial charge is 0.252 e. The minimum absolute atomic E-state index is 0.0456. The second-order valence-electron chi connectivity index (χ2n) is 4.20. The average Bonchev–Trinajstić information content (AvgIpc) is 2.86. The summed E-state index contributed by atoms with van der Waals surface area (Å²) in [5.41, 5.74) is 7.85. The Bertz CT molecular complexity index is 541. The maximum atomic E-state index is 11.8. The molecule has 0 aliphatic heterocycles. The SMILES string of the molecule is NC(CCNC(=O)c1csc(Br)c1)c1ccccc1. The van der Waals surface area contributed by atoms with Crippen LogP contribution in [0.5, 0.6) is 0 Å². The number of amides is 1. The van der Waals surface area contributed by atoms with Crippen molar-refractivity contribution in [3.8, 4) is 0 Å². The van der Waals surface area contributed by atoms with Crippen LogP contribution in [0.15, 0.2) is 45.6 Å². The summed E-state index contributed by atoms with van der Waals surface area (Å²) in [6, 6.07) is 11.7. The summed E-state index contributed by atoms with van der Waals surface area (Å²) in [4.78, 5) is 11.8. The molecule has 1 atom stereocenters. The Morgan fingerprint density at radius 2 is 2.11 bits per heavy atom. The van der Waals surface area contributed by atoms with E-state index in [0.717, 1.165) is 15.8 Å². The number of nitrogens with one attached hydrogen (secondary N) is 1. The Morgan fingerprint density at radius 1 is 1.37 bits per heavy atom. The molecule has 19 heavy (non-hydrogen) atoms. The van der Waals surface area contributed by atoms with E-state index in [9.17, 15) is 4.79 Å². The van der Waals surface area contributed by atoms with Crippen LogP contribution in [0.25, 0.3) is 0 Å². The van der Waals surface area contributed by atoms with Gasteiger partial charge in [0, 0.05) is 18.0 Å². The highest BCUT2D eigenvalue weighted by atomic mass is 79.9. The number of carbonyl (C=O) groups is 1. The lowest BCUT2D eigenvalue weighted by atomic mass is 10.1. The van der Waals surface area contributed by atoms with E-state index in [1.807, 2.05) is 41.8 Å². The molecule has 0 saturated heterocycles. The van der Waals surface area contributed by atoms with E-state index >= 15 is 0 Å². The fraction of sp³-hybridized carbons (Fsp3) is 0.214. The average molecular weight is 339 g/mol. The molecule has 0 bridgehead atoms. The van der Waals surface area contributed by atoms with Crippen molar-refractivity contribution in [3.05, 3.63) is 56.7 Å². The number of carbonyl (C=O) groups excluding carboxylic acids is 1. The van der Waals surface area contributed by atoms with Gasteiger partial charge in [-0.3, -0.25) is 4.79 Å². The molecule has 0 aliphatic rings. The van der Waals surface area contributed by atoms with E-state index in [-0.39, 0.29) is 11.9 Å². The number of halogens is 1. The van der Waals surface area contributed by atoms with Gasteiger partial charge in [0.2, 0.25) is 0 Å². The zero-order valence-corrected chi connectivity index (χ0v) is 12.7. The molecule has 3 nitrogen and oxygen atoms in total. The van der Waals surface area contributed by atoms with Crippen LogP contribution in [0.3, 0.4) is 0 Å². The molecule has 2 rings (SSSR count). The number of rotatable bonds is 5. The van der Waals surface area contributed by atoms with Gasteiger partial charge in [0.15, 0.2) is 0 Å². The van der Waals surface area contributed by atoms with Crippen LogP contribution < -0.4 is 11.1 Å². The number of nitrogens with two attached hydrogens (primary N) is 1. The van der Waals surface area contributed by atoms with Gasteiger partial charge >= 0.3 is 0 Å². The van der Waals surface area contributed by atoms with Crippen molar-refractivity contribution in [1.82, 2.24) is 5.32 Å². The summed E-state index contributed by atoms with van der Waals surface area (Å²) < 4.78 is 0.957. The Morgan fingerprint density at radius 3 is 2.74 bits per heavy atom. The lowest BCUT2D eigenvalue weighted by Crippen LogP contribution is -2.26. The van der Waals surface area contributed by atoms with Gasteiger partial charge in [0.05, 0.1) is 9.35 Å². The van der Waals surface area contributed by atoms with Crippen LogP contribution in [0, 0.1) is 0 Å². The second-order valence-corrected chi connectivity index (χ2v) is 6.49. The van der Waals surface area contributed by atoms with Gasteiger partial charge in [-0.25, -0.2) is 0 Å². The van der Waals surface area contributed by atoms with Gasteiger partial charge in [-0.2, -0.15) is 0 Å². The Labute approximate surface area is 125 Å². The Kier molecular flexibility index (Phi) is 5.13. The number of benzene rings is 1. The zero-order valence-electron chi connectivity index (χ0n) is 10.3. The first-order chi connectivity index (χ1) is 9.16. The molecule has 0 radical (unpaired) electrons. The van der Waals surface area contributed by atoms with Crippen molar-refractivity contribution in [2.45, 2.75) is 12.5 Å². The third kappa shape index (κ3) is 4.16. The second kappa shape index (κ2) is 6.84. The molecule has 1 aromatic carbocycles. The van der Waals surface area contributed by atoms with E-state index in [1.165, 1.54) is 11.3 Å². The summed E-state index contributed by atoms with van der Waals surface area (Å²) in [5, 5.41) is 4.71. The molecule has 0 spiro atoms. The minimum Gasteiger partial charge on any atom is -0.352 e. The van der Waals surface area contributed by atoms with Crippen LogP contribution in [-0.2, 0) is 0 Å². The van der Waals surface area contributed by atoms with Crippen molar-refractivity contribution < 1.29 is 4.79 Å². The molecule has 5 heteroatoms. The number of hydrogen-bond donors (Lipinski definition) is 2. The number of thiophene rings is 1. The first kappa shape index (κ1) is 14.2. The Balaban J connectivity index is 1.79. The number of hydrogen-bond acceptors (Lipinski definition) is 3. The van der Waals surface area contributed by atoms with E-state index in [1.54, 1.807) is 0 Å². The molecular formula is C14H15BrN2OS. The third-order valence-corrected chi connectivity index (χ3v) is 4.30. The maximum absolute atomic E-state index is 11.8. The summed E-state index contributed by atoms with van der Waals surface area (Å²) in [5.74, 6) is -0.0535. The molecule has 2 aromatic rings. The summed E-state index contributed by atoms with van der Waals surface area (Å²) >= 11 is 4.84. The highest BCUT2D eigenvalue weighted by Gasteiger charge is 2.09. The Hall–Kier alpha value is -1.17. The molecular weight excluding hydrogens is 324 g/mol. The van der Waals surface area contributed by atoms with E-state index in [4.69, 9.17) is 5.73 Å². The maximum Gasteiger partial charge on any atom is 0.252 e. The van der Waals surface area contributed by atoms with Crippen molar-refractivity contribution in [1.29, 1.82) is 0 Å². The minimum atomic E-state index is -0.0535. The van der Waals surface area contributed by atoms with Crippen LogP contribution in [0.4, 0.5) is 0 Å². The molecule has 1 amide bonds. The van der Waals surface area contributed by atoms with E-state index < -0.39 is 0 Å². The first-order valence-corrected chi connectivity index (χ1v) is 7.67. The lowest BCUT2D eigenvalue weighted by Gasteiger charge is -2.12. The fourth-order valence-corrected chi connectivity index (χ4v) is 2.88. The molecule has 1 unspecified atom stereocenters. The monoisotopic (exact) mass is 338 g/mol. The normalized spacial score (nSPS) is 12.1. The largest absolute Gasteiger partial charge is 0.352 e. The molecule has 0 fully saturated rings. The molecule has 1 aromatic heterocycles. The predicted molar refractivity (Wildman–Crippen MR) is 82.3 cm³/mol. The summed E-state index contributed by atoms with van der Waals surface area (Å²) in [7, 11) is 0. The third-order valence-electron chi connectivity index (χ3n) is 2.80. The zero-order chi connectivity index (χ0) is 13.7. The highest BCUT2D eigenvalue weighted by molar-refractivity contribution is 9.11. The molecule has 100 valence electrons. The van der Waals surface area contributed by atoms with Gasteiger partial charge in [0.1, 0.15) is 0 Å². The van der Waals surface area contributed by atoms with Crippen molar-refractivity contribution in [3.63, 3.8) is 0 Å². The van der Waals surface area contributed by atoms with Crippen molar-refractivity contribution in [2.75, 3.05) is 6.54 Å². The van der Waals surface area contributed by atoms with Gasteiger partial charge in [-0.15, -0.1) is 11.3 Å². The van der Waals surface area contributed by atoms with Gasteiger partial charge in [-0.1, -0.05) is 30.3 Å². The van der Waals surface area contributed by atoms with Crippen molar-refractivity contribution in [2.24, 2.45) is 5.73 Å². The van der Waals surface area contributed by atoms with Crippen molar-refractivity contribution >= 4 is 33.2 Å². The molecule has 3 N–H and O–H groups in total. The highest BCUT2D eigenvalue weighted by Crippen LogP contribution is 2.20. The van der Waals surface area contributed by atoms with E-state index in [2.05, 4.69) is 21.2 Å². The summed E-state index contributed by atoms with van der Waals surface area (Å²) in [6.07, 6.45) is 0.723. The lowest BCUT2D eigenvalue weighted by molar-refractivity contribution is 0.0953. The summed E-state index contributed by atoms with van der Waals surface area (Å²) in [6.45, 7) is 0.572. The van der Waals surface area contributed by atoms with Crippen LogP contribution in [0.1, 0.15) is 28.4 Å². The van der Waals surface area contributed by atoms with Gasteiger partial charge in [-0.05, 0) is 34.0 Å². The molecule has 0 aliphatic carbocycles. The standard InChI is InChI=1S/C14H15BrN2OS/c15-13-8-11(9-19-13)14(18)17-7-6-12(16)10-4-2-1-3-5-10/h1-5,8-9,12H,6-7,16H2,(H,17,18).